The van der Waals surface area contributed by atoms with Gasteiger partial charge in [0.1, 0.15) is 18.5 Å². The van der Waals surface area contributed by atoms with E-state index < -0.39 is 17.8 Å². The van der Waals surface area contributed by atoms with E-state index >= 15 is 0 Å². The van der Waals surface area contributed by atoms with Crippen LogP contribution in [-0.2, 0) is 6.18 Å². The van der Waals surface area contributed by atoms with Crippen molar-refractivity contribution in [3.63, 3.8) is 0 Å². The van der Waals surface area contributed by atoms with Crippen LogP contribution in [0.3, 0.4) is 0 Å². The third-order valence-electron chi connectivity index (χ3n) is 4.64. The highest BCUT2D eigenvalue weighted by Crippen LogP contribution is 2.31. The summed E-state index contributed by atoms with van der Waals surface area (Å²) in [6.45, 7) is 3.23. The smallest absolute Gasteiger partial charge is 0.416 e. The Balaban J connectivity index is 1.45. The highest BCUT2D eigenvalue weighted by Gasteiger charge is 2.31. The van der Waals surface area contributed by atoms with Gasteiger partial charge in [-0.3, -0.25) is 4.90 Å². The van der Waals surface area contributed by atoms with Crippen molar-refractivity contribution >= 4 is 21.6 Å². The van der Waals surface area contributed by atoms with E-state index in [-0.39, 0.29) is 6.61 Å². The fourth-order valence-corrected chi connectivity index (χ4v) is 3.41. The molecule has 0 spiro atoms. The van der Waals surface area contributed by atoms with Gasteiger partial charge in [-0.1, -0.05) is 22.0 Å². The maximum Gasteiger partial charge on any atom is 0.416 e. The van der Waals surface area contributed by atoms with Crippen molar-refractivity contribution in [1.82, 2.24) is 4.90 Å². The summed E-state index contributed by atoms with van der Waals surface area (Å²) in [4.78, 5) is 4.04. The normalized spacial score (nSPS) is 16.8. The molecular weight excluding hydrogens is 437 g/mol. The molecule has 1 atom stereocenters. The lowest BCUT2D eigenvalue weighted by molar-refractivity contribution is -0.137. The van der Waals surface area contributed by atoms with Crippen molar-refractivity contribution in [2.24, 2.45) is 0 Å². The van der Waals surface area contributed by atoms with E-state index in [1.165, 1.54) is 12.1 Å². The number of hydrogen-bond acceptors (Lipinski definition) is 4. The number of β-amino-alcohol motifs (C(OH)–C–C–N with tert-alkyl or cyclic N) is 1. The lowest BCUT2D eigenvalue weighted by Gasteiger charge is -2.37. The molecule has 0 aromatic heterocycles. The third kappa shape index (κ3) is 5.86. The standard InChI is InChI=1S/C20H22BrF3N2O2/c21-16-4-6-19(7-5-16)28-14-18(27)13-25-8-10-26(11-9-25)17-3-1-2-15(12-17)20(22,23)24/h1-7,12,18,27H,8-11,13-14H2. The molecule has 152 valence electrons. The number of piperazine rings is 1. The molecule has 1 N–H and O–H groups in total. The lowest BCUT2D eigenvalue weighted by Crippen LogP contribution is -2.49. The van der Waals surface area contributed by atoms with E-state index in [2.05, 4.69) is 20.8 Å². The number of aliphatic hydroxyl groups is 1. The zero-order valence-electron chi connectivity index (χ0n) is 15.2. The largest absolute Gasteiger partial charge is 0.491 e. The van der Waals surface area contributed by atoms with Crippen molar-refractivity contribution in [3.05, 3.63) is 58.6 Å². The van der Waals surface area contributed by atoms with Crippen molar-refractivity contribution in [2.75, 3.05) is 44.2 Å². The van der Waals surface area contributed by atoms with Crippen LogP contribution in [0.5, 0.6) is 5.75 Å². The van der Waals surface area contributed by atoms with Crippen LogP contribution in [-0.4, -0.2) is 55.4 Å². The Morgan fingerprint density at radius 1 is 1.04 bits per heavy atom. The van der Waals surface area contributed by atoms with E-state index in [4.69, 9.17) is 4.74 Å². The first-order valence-electron chi connectivity index (χ1n) is 9.02. The topological polar surface area (TPSA) is 35.9 Å². The van der Waals surface area contributed by atoms with Crippen LogP contribution in [0.4, 0.5) is 18.9 Å². The Morgan fingerprint density at radius 2 is 1.71 bits per heavy atom. The van der Waals surface area contributed by atoms with E-state index in [9.17, 15) is 18.3 Å². The Bertz CT molecular complexity index is 763. The van der Waals surface area contributed by atoms with Crippen LogP contribution >= 0.6 is 15.9 Å². The molecule has 1 aliphatic rings. The Labute approximate surface area is 170 Å². The third-order valence-corrected chi connectivity index (χ3v) is 5.16. The highest BCUT2D eigenvalue weighted by molar-refractivity contribution is 9.10. The van der Waals surface area contributed by atoms with Gasteiger partial charge in [0.2, 0.25) is 0 Å². The summed E-state index contributed by atoms with van der Waals surface area (Å²) in [6.07, 6.45) is -4.97. The number of ether oxygens (including phenoxy) is 1. The second-order valence-electron chi connectivity index (χ2n) is 6.75. The number of alkyl halides is 3. The minimum atomic E-state index is -4.34. The molecule has 0 saturated carbocycles. The minimum absolute atomic E-state index is 0.190. The molecule has 1 fully saturated rings. The number of nitrogens with zero attached hydrogens (tertiary/aromatic N) is 2. The first kappa shape index (κ1) is 21.0. The van der Waals surface area contributed by atoms with E-state index in [0.717, 1.165) is 10.5 Å². The minimum Gasteiger partial charge on any atom is -0.491 e. The first-order valence-corrected chi connectivity index (χ1v) is 9.81. The number of hydrogen-bond donors (Lipinski definition) is 1. The number of benzene rings is 2. The number of halogens is 4. The molecule has 0 aliphatic carbocycles. The van der Waals surface area contributed by atoms with Gasteiger partial charge in [-0.2, -0.15) is 13.2 Å². The van der Waals surface area contributed by atoms with E-state index in [1.807, 2.05) is 29.2 Å². The average molecular weight is 459 g/mol. The quantitative estimate of drug-likeness (QED) is 0.708. The fourth-order valence-electron chi connectivity index (χ4n) is 3.14. The number of anilines is 1. The number of aliphatic hydroxyl groups excluding tert-OH is 1. The van der Waals surface area contributed by atoms with Crippen LogP contribution in [0, 0.1) is 0 Å². The van der Waals surface area contributed by atoms with E-state index in [1.54, 1.807) is 6.07 Å². The zero-order chi connectivity index (χ0) is 20.1. The summed E-state index contributed by atoms with van der Waals surface area (Å²) < 4.78 is 45.2. The van der Waals surface area contributed by atoms with Gasteiger partial charge >= 0.3 is 6.18 Å². The predicted molar refractivity (Wildman–Crippen MR) is 106 cm³/mol. The van der Waals surface area contributed by atoms with Gasteiger partial charge < -0.3 is 14.7 Å². The SMILES string of the molecule is OC(COc1ccc(Br)cc1)CN1CCN(c2cccc(C(F)(F)F)c2)CC1. The summed E-state index contributed by atoms with van der Waals surface area (Å²) in [5, 5.41) is 10.2. The fraction of sp³-hybridized carbons (Fsp3) is 0.400. The summed E-state index contributed by atoms with van der Waals surface area (Å²) >= 11 is 3.36. The Hall–Kier alpha value is -1.77. The van der Waals surface area contributed by atoms with Gasteiger partial charge in [0, 0.05) is 42.9 Å². The molecule has 28 heavy (non-hydrogen) atoms. The maximum absolute atomic E-state index is 12.9. The monoisotopic (exact) mass is 458 g/mol. The van der Waals surface area contributed by atoms with Crippen molar-refractivity contribution < 1.29 is 23.0 Å². The van der Waals surface area contributed by atoms with Crippen LogP contribution in [0.2, 0.25) is 0 Å². The summed E-state index contributed by atoms with van der Waals surface area (Å²) in [6, 6.07) is 12.8. The van der Waals surface area contributed by atoms with Gasteiger partial charge in [0.15, 0.2) is 0 Å². The average Bonchev–Trinajstić information content (AvgIpc) is 2.68. The molecule has 2 aromatic carbocycles. The molecule has 1 unspecified atom stereocenters. The molecule has 1 aliphatic heterocycles. The molecule has 1 saturated heterocycles. The summed E-state index contributed by atoms with van der Waals surface area (Å²) in [5.74, 6) is 0.691. The Morgan fingerprint density at radius 3 is 2.36 bits per heavy atom. The highest BCUT2D eigenvalue weighted by atomic mass is 79.9. The molecular formula is C20H22BrF3N2O2. The van der Waals surface area contributed by atoms with Crippen LogP contribution in [0.25, 0.3) is 0 Å². The molecule has 2 aromatic rings. The van der Waals surface area contributed by atoms with Gasteiger partial charge in [-0.15, -0.1) is 0 Å². The predicted octanol–water partition coefficient (Wildman–Crippen LogP) is 4.03. The van der Waals surface area contributed by atoms with Crippen LogP contribution in [0.1, 0.15) is 5.56 Å². The number of rotatable bonds is 6. The van der Waals surface area contributed by atoms with Crippen molar-refractivity contribution in [3.8, 4) is 5.75 Å². The van der Waals surface area contributed by atoms with Crippen LogP contribution < -0.4 is 9.64 Å². The molecule has 0 radical (unpaired) electrons. The van der Waals surface area contributed by atoms with Gasteiger partial charge in [-0.25, -0.2) is 0 Å². The second-order valence-corrected chi connectivity index (χ2v) is 7.67. The molecule has 1 heterocycles. The molecule has 0 bridgehead atoms. The molecule has 3 rings (SSSR count). The summed E-state index contributed by atoms with van der Waals surface area (Å²) in [5.41, 5.74) is -0.0541. The maximum atomic E-state index is 12.9. The van der Waals surface area contributed by atoms with Crippen molar-refractivity contribution in [1.29, 1.82) is 0 Å². The molecule has 0 amide bonds. The van der Waals surface area contributed by atoms with Gasteiger partial charge in [0.05, 0.1) is 5.56 Å². The zero-order valence-corrected chi connectivity index (χ0v) is 16.8. The van der Waals surface area contributed by atoms with Crippen LogP contribution in [0.15, 0.2) is 53.0 Å². The molecule has 8 heteroatoms. The van der Waals surface area contributed by atoms with E-state index in [0.29, 0.717) is 44.2 Å². The van der Waals surface area contributed by atoms with Gasteiger partial charge in [0.25, 0.3) is 0 Å². The first-order chi connectivity index (χ1) is 13.3. The summed E-state index contributed by atoms with van der Waals surface area (Å²) in [7, 11) is 0. The second kappa shape index (κ2) is 9.15. The Kier molecular flexibility index (Phi) is 6.85. The molecule has 4 nitrogen and oxygen atoms in total. The lowest BCUT2D eigenvalue weighted by atomic mass is 10.1. The van der Waals surface area contributed by atoms with Crippen molar-refractivity contribution in [2.45, 2.75) is 12.3 Å². The van der Waals surface area contributed by atoms with Gasteiger partial charge in [-0.05, 0) is 42.5 Å².